The maximum Gasteiger partial charge on any atom is 0.319 e. The van der Waals surface area contributed by atoms with Crippen molar-refractivity contribution in [2.75, 3.05) is 18.5 Å². The lowest BCUT2D eigenvalue weighted by Gasteiger charge is -2.31. The van der Waals surface area contributed by atoms with Gasteiger partial charge < -0.3 is 15.7 Å². The topological polar surface area (TPSA) is 61.4 Å². The summed E-state index contributed by atoms with van der Waals surface area (Å²) in [6.07, 6.45) is 2.41. The number of carbonyl (C=O) groups is 1. The van der Waals surface area contributed by atoms with E-state index >= 15 is 0 Å². The fourth-order valence-corrected chi connectivity index (χ4v) is 2.36. The van der Waals surface area contributed by atoms with Gasteiger partial charge in [-0.15, -0.1) is 0 Å². The number of hydrogen-bond donors (Lipinski definition) is 3. The van der Waals surface area contributed by atoms with Gasteiger partial charge in [0.15, 0.2) is 0 Å². The summed E-state index contributed by atoms with van der Waals surface area (Å²) < 4.78 is 13.4. The molecule has 5 heteroatoms. The summed E-state index contributed by atoms with van der Waals surface area (Å²) in [5.74, 6) is -0.343. The van der Waals surface area contributed by atoms with Crippen LogP contribution in [0.25, 0.3) is 0 Å². The summed E-state index contributed by atoms with van der Waals surface area (Å²) in [5, 5.41) is 14.6. The quantitative estimate of drug-likeness (QED) is 0.721. The zero-order valence-electron chi connectivity index (χ0n) is 13.0. The molecule has 0 atom stereocenters. The summed E-state index contributed by atoms with van der Waals surface area (Å²) in [6.45, 7) is 6.32. The highest BCUT2D eigenvalue weighted by Crippen LogP contribution is 2.29. The lowest BCUT2D eigenvalue weighted by atomic mass is 9.79. The van der Waals surface area contributed by atoms with Crippen molar-refractivity contribution in [3.05, 3.63) is 29.6 Å². The molecule has 0 bridgehead atoms. The Morgan fingerprint density at radius 1 is 1.33 bits per heavy atom. The molecular weight excluding hydrogens is 271 g/mol. The van der Waals surface area contributed by atoms with Gasteiger partial charge in [0.2, 0.25) is 0 Å². The molecule has 2 amide bonds. The minimum absolute atomic E-state index is 0.0942. The van der Waals surface area contributed by atoms with Crippen LogP contribution in [0.1, 0.15) is 38.7 Å². The Hall–Kier alpha value is -1.62. The molecule has 118 valence electrons. The zero-order valence-corrected chi connectivity index (χ0v) is 13.0. The number of anilines is 1. The number of amides is 2. The zero-order chi connectivity index (χ0) is 15.9. The van der Waals surface area contributed by atoms with Crippen LogP contribution in [-0.4, -0.2) is 24.3 Å². The van der Waals surface area contributed by atoms with E-state index in [0.717, 1.165) is 12.8 Å². The Balaban J connectivity index is 2.63. The fourth-order valence-electron chi connectivity index (χ4n) is 2.36. The molecule has 0 fully saturated rings. The second-order valence-corrected chi connectivity index (χ2v) is 5.40. The van der Waals surface area contributed by atoms with Gasteiger partial charge in [-0.05, 0) is 43.7 Å². The molecule has 21 heavy (non-hydrogen) atoms. The van der Waals surface area contributed by atoms with Crippen LogP contribution in [0.2, 0.25) is 0 Å². The Morgan fingerprint density at radius 3 is 2.57 bits per heavy atom. The molecule has 3 N–H and O–H groups in total. The third-order valence-corrected chi connectivity index (χ3v) is 4.28. The summed E-state index contributed by atoms with van der Waals surface area (Å²) in [6, 6.07) is 4.23. The van der Waals surface area contributed by atoms with Crippen LogP contribution >= 0.6 is 0 Å². The monoisotopic (exact) mass is 296 g/mol. The largest absolute Gasteiger partial charge is 0.396 e. The van der Waals surface area contributed by atoms with Crippen LogP contribution in [0, 0.1) is 18.2 Å². The van der Waals surface area contributed by atoms with Crippen LogP contribution < -0.4 is 10.6 Å². The molecule has 1 rings (SSSR count). The highest BCUT2D eigenvalue weighted by atomic mass is 19.1. The maximum atomic E-state index is 13.4. The number of nitrogens with one attached hydrogen (secondary N) is 2. The standard InChI is InChI=1S/C16H25FN2O2/c1-4-16(5-2,9-10-20)11-18-15(21)19-14-8-6-7-13(17)12(14)3/h6-8,20H,4-5,9-11H2,1-3H3,(H2,18,19,21). The molecule has 4 nitrogen and oxygen atoms in total. The van der Waals surface area contributed by atoms with Gasteiger partial charge >= 0.3 is 6.03 Å². The van der Waals surface area contributed by atoms with E-state index in [1.165, 1.54) is 6.07 Å². The molecule has 0 saturated heterocycles. The van der Waals surface area contributed by atoms with Crippen LogP contribution in [-0.2, 0) is 0 Å². The van der Waals surface area contributed by atoms with Crippen molar-refractivity contribution in [2.45, 2.75) is 40.0 Å². The van der Waals surface area contributed by atoms with Gasteiger partial charge in [-0.3, -0.25) is 0 Å². The number of aliphatic hydroxyl groups is 1. The molecule has 1 aromatic rings. The van der Waals surface area contributed by atoms with Crippen LogP contribution in [0.15, 0.2) is 18.2 Å². The van der Waals surface area contributed by atoms with E-state index in [2.05, 4.69) is 24.5 Å². The first-order valence-corrected chi connectivity index (χ1v) is 7.39. The Labute approximate surface area is 125 Å². The van der Waals surface area contributed by atoms with Gasteiger partial charge in [-0.25, -0.2) is 9.18 Å². The molecule has 0 aliphatic rings. The lowest BCUT2D eigenvalue weighted by molar-refractivity contribution is 0.165. The van der Waals surface area contributed by atoms with E-state index < -0.39 is 0 Å². The molecule has 0 aliphatic carbocycles. The number of aliphatic hydroxyl groups excluding tert-OH is 1. The minimum Gasteiger partial charge on any atom is -0.396 e. The van der Waals surface area contributed by atoms with Crippen molar-refractivity contribution in [3.8, 4) is 0 Å². The van der Waals surface area contributed by atoms with Crippen molar-refractivity contribution in [2.24, 2.45) is 5.41 Å². The summed E-state index contributed by atoms with van der Waals surface area (Å²) in [4.78, 5) is 12.0. The Bertz CT molecular complexity index is 473. The van der Waals surface area contributed by atoms with E-state index in [0.29, 0.717) is 24.2 Å². The first-order valence-electron chi connectivity index (χ1n) is 7.39. The van der Waals surface area contributed by atoms with Gasteiger partial charge in [0.25, 0.3) is 0 Å². The highest BCUT2D eigenvalue weighted by molar-refractivity contribution is 5.90. The Kier molecular flexibility index (Phi) is 6.62. The van der Waals surface area contributed by atoms with Crippen LogP contribution in [0.3, 0.4) is 0 Å². The van der Waals surface area contributed by atoms with Gasteiger partial charge in [0.05, 0.1) is 0 Å². The van der Waals surface area contributed by atoms with Gasteiger partial charge in [0, 0.05) is 24.4 Å². The van der Waals surface area contributed by atoms with Crippen molar-refractivity contribution in [1.29, 1.82) is 0 Å². The fraction of sp³-hybridized carbons (Fsp3) is 0.562. The van der Waals surface area contributed by atoms with E-state index in [1.807, 2.05) is 0 Å². The maximum absolute atomic E-state index is 13.4. The smallest absolute Gasteiger partial charge is 0.319 e. The first-order chi connectivity index (χ1) is 9.98. The van der Waals surface area contributed by atoms with Crippen LogP contribution in [0.5, 0.6) is 0 Å². The van der Waals surface area contributed by atoms with Crippen molar-refractivity contribution in [3.63, 3.8) is 0 Å². The first kappa shape index (κ1) is 17.4. The van der Waals surface area contributed by atoms with Gasteiger partial charge in [-0.1, -0.05) is 19.9 Å². The number of urea groups is 1. The average molecular weight is 296 g/mol. The summed E-state index contributed by atoms with van der Waals surface area (Å²) in [5.41, 5.74) is 0.789. The number of rotatable bonds is 7. The summed E-state index contributed by atoms with van der Waals surface area (Å²) in [7, 11) is 0. The second kappa shape index (κ2) is 7.98. The lowest BCUT2D eigenvalue weighted by Crippen LogP contribution is -2.39. The highest BCUT2D eigenvalue weighted by Gasteiger charge is 2.26. The SMILES string of the molecule is CCC(CC)(CCO)CNC(=O)Nc1cccc(F)c1C. The predicted octanol–water partition coefficient (Wildman–Crippen LogP) is 3.44. The van der Waals surface area contributed by atoms with Gasteiger partial charge in [-0.2, -0.15) is 0 Å². The normalized spacial score (nSPS) is 11.3. The van der Waals surface area contributed by atoms with E-state index in [9.17, 15) is 9.18 Å². The molecule has 0 unspecified atom stereocenters. The third kappa shape index (κ3) is 4.70. The third-order valence-electron chi connectivity index (χ3n) is 4.28. The molecule has 0 spiro atoms. The number of carbonyl (C=O) groups excluding carboxylic acids is 1. The number of benzene rings is 1. The molecule has 0 radical (unpaired) electrons. The van der Waals surface area contributed by atoms with E-state index in [4.69, 9.17) is 5.11 Å². The van der Waals surface area contributed by atoms with Crippen LogP contribution in [0.4, 0.5) is 14.9 Å². The molecular formula is C16H25FN2O2. The molecule has 1 aromatic carbocycles. The van der Waals surface area contributed by atoms with E-state index in [1.54, 1.807) is 19.1 Å². The molecule has 0 saturated carbocycles. The molecule has 0 aromatic heterocycles. The van der Waals surface area contributed by atoms with Crippen molar-refractivity contribution in [1.82, 2.24) is 5.32 Å². The van der Waals surface area contributed by atoms with Crippen molar-refractivity contribution >= 4 is 11.7 Å². The number of hydrogen-bond acceptors (Lipinski definition) is 2. The predicted molar refractivity (Wildman–Crippen MR) is 82.9 cm³/mol. The molecule has 0 heterocycles. The Morgan fingerprint density at radius 2 is 2.00 bits per heavy atom. The van der Waals surface area contributed by atoms with Gasteiger partial charge in [0.1, 0.15) is 5.82 Å². The van der Waals surface area contributed by atoms with Crippen molar-refractivity contribution < 1.29 is 14.3 Å². The number of halogens is 1. The average Bonchev–Trinajstić information content (AvgIpc) is 2.48. The minimum atomic E-state index is -0.354. The molecule has 0 aliphatic heterocycles. The van der Waals surface area contributed by atoms with E-state index in [-0.39, 0.29) is 23.9 Å². The summed E-state index contributed by atoms with van der Waals surface area (Å²) >= 11 is 0. The second-order valence-electron chi connectivity index (χ2n) is 5.40.